The maximum absolute atomic E-state index is 12.3. The lowest BCUT2D eigenvalue weighted by Crippen LogP contribution is -2.46. The number of fused-ring (bicyclic) bond motifs is 1. The van der Waals surface area contributed by atoms with Gasteiger partial charge in [-0.25, -0.2) is 13.1 Å². The summed E-state index contributed by atoms with van der Waals surface area (Å²) in [5.41, 5.74) is 0.820. The molecule has 1 aromatic heterocycles. The molecule has 0 atom stereocenters. The van der Waals surface area contributed by atoms with E-state index in [2.05, 4.69) is 35.6 Å². The molecule has 1 aliphatic rings. The van der Waals surface area contributed by atoms with Crippen molar-refractivity contribution in [3.8, 4) is 0 Å². The highest BCUT2D eigenvalue weighted by molar-refractivity contribution is 9.10. The Kier molecular flexibility index (Phi) is 6.72. The van der Waals surface area contributed by atoms with Gasteiger partial charge in [-0.1, -0.05) is 33.2 Å². The first-order chi connectivity index (χ1) is 14.5. The van der Waals surface area contributed by atoms with Gasteiger partial charge in [0.05, 0.1) is 10.3 Å². The van der Waals surface area contributed by atoms with Crippen LogP contribution in [-0.4, -0.2) is 57.7 Å². The van der Waals surface area contributed by atoms with Crippen molar-refractivity contribution in [2.24, 2.45) is 0 Å². The van der Waals surface area contributed by atoms with Crippen molar-refractivity contribution >= 4 is 42.7 Å². The van der Waals surface area contributed by atoms with Gasteiger partial charge in [0.2, 0.25) is 10.0 Å². The number of aromatic nitrogens is 1. The number of nitrogens with zero attached hydrogens (tertiary/aromatic N) is 3. The molecule has 1 saturated heterocycles. The molecule has 0 amide bonds. The zero-order valence-electron chi connectivity index (χ0n) is 16.6. The van der Waals surface area contributed by atoms with Crippen LogP contribution in [0.1, 0.15) is 12.8 Å². The summed E-state index contributed by atoms with van der Waals surface area (Å²) in [6.45, 7) is 5.16. The molecule has 0 spiro atoms. The number of unbranched alkanes of at least 4 members (excludes halogenated alkanes) is 1. The van der Waals surface area contributed by atoms with E-state index in [-0.39, 0.29) is 0 Å². The molecule has 30 heavy (non-hydrogen) atoms. The van der Waals surface area contributed by atoms with E-state index in [1.807, 2.05) is 24.3 Å². The van der Waals surface area contributed by atoms with E-state index >= 15 is 0 Å². The largest absolute Gasteiger partial charge is 0.354 e. The third-order valence-corrected chi connectivity index (χ3v) is 7.35. The van der Waals surface area contributed by atoms with Crippen molar-refractivity contribution in [1.29, 1.82) is 0 Å². The van der Waals surface area contributed by atoms with Crippen LogP contribution in [-0.2, 0) is 10.0 Å². The summed E-state index contributed by atoms with van der Waals surface area (Å²) in [7, 11) is -3.44. The number of benzene rings is 2. The summed E-state index contributed by atoms with van der Waals surface area (Å²) in [4.78, 5) is 4.98. The number of hydrogen-bond donors (Lipinski definition) is 1. The van der Waals surface area contributed by atoms with E-state index in [0.29, 0.717) is 11.4 Å². The lowest BCUT2D eigenvalue weighted by Gasteiger charge is -2.34. The Hall–Kier alpha value is -1.94. The lowest BCUT2D eigenvalue weighted by atomic mass is 10.2. The Labute approximate surface area is 185 Å². The SMILES string of the molecule is O=S(=O)(NCCCCN1CCN(c2noc3ccccc23)CC1)c1ccc(Br)cc1. The fourth-order valence-corrected chi connectivity index (χ4v) is 4.99. The number of rotatable bonds is 8. The fourth-order valence-electron chi connectivity index (χ4n) is 3.65. The summed E-state index contributed by atoms with van der Waals surface area (Å²) < 4.78 is 33.6. The third kappa shape index (κ3) is 5.03. The number of halogens is 1. The maximum atomic E-state index is 12.3. The van der Waals surface area contributed by atoms with Crippen molar-refractivity contribution in [2.45, 2.75) is 17.7 Å². The van der Waals surface area contributed by atoms with Crippen LogP contribution >= 0.6 is 15.9 Å². The number of hydrogen-bond acceptors (Lipinski definition) is 6. The van der Waals surface area contributed by atoms with Crippen LogP contribution in [0.2, 0.25) is 0 Å². The summed E-state index contributed by atoms with van der Waals surface area (Å²) >= 11 is 3.32. The standard InChI is InChI=1S/C21H25BrN4O3S/c22-17-7-9-18(10-8-17)30(27,28)23-11-3-4-12-25-13-15-26(16-14-25)21-19-5-1-2-6-20(19)29-24-21/h1-2,5-10,23H,3-4,11-16H2. The van der Waals surface area contributed by atoms with Crippen LogP contribution in [0.25, 0.3) is 11.0 Å². The van der Waals surface area contributed by atoms with Crippen LogP contribution in [0.4, 0.5) is 5.82 Å². The first kappa shape index (κ1) is 21.3. The summed E-state index contributed by atoms with van der Waals surface area (Å²) in [5.74, 6) is 0.924. The zero-order valence-corrected chi connectivity index (χ0v) is 19.0. The summed E-state index contributed by atoms with van der Waals surface area (Å²) in [5, 5.41) is 5.31. The summed E-state index contributed by atoms with van der Waals surface area (Å²) in [6.07, 6.45) is 1.76. The molecule has 3 aromatic rings. The van der Waals surface area contributed by atoms with Gasteiger partial charge in [-0.05, 0) is 55.8 Å². The minimum atomic E-state index is -3.44. The molecule has 2 aromatic carbocycles. The van der Waals surface area contributed by atoms with Crippen LogP contribution in [0.3, 0.4) is 0 Å². The van der Waals surface area contributed by atoms with Gasteiger partial charge in [-0.3, -0.25) is 4.90 Å². The first-order valence-electron chi connectivity index (χ1n) is 10.1. The van der Waals surface area contributed by atoms with Gasteiger partial charge in [0, 0.05) is 37.2 Å². The van der Waals surface area contributed by atoms with Crippen LogP contribution < -0.4 is 9.62 Å². The number of sulfonamides is 1. The molecular weight excluding hydrogens is 468 g/mol. The lowest BCUT2D eigenvalue weighted by molar-refractivity contribution is 0.252. The van der Waals surface area contributed by atoms with Crippen molar-refractivity contribution < 1.29 is 12.9 Å². The molecule has 9 heteroatoms. The van der Waals surface area contributed by atoms with Crippen LogP contribution in [0.15, 0.2) is 62.4 Å². The Balaban J connectivity index is 1.18. The van der Waals surface area contributed by atoms with Crippen LogP contribution in [0.5, 0.6) is 0 Å². The van der Waals surface area contributed by atoms with Gasteiger partial charge < -0.3 is 9.42 Å². The number of nitrogens with one attached hydrogen (secondary N) is 1. The van der Waals surface area contributed by atoms with Crippen molar-refractivity contribution in [1.82, 2.24) is 14.8 Å². The quantitative estimate of drug-likeness (QED) is 0.485. The molecular formula is C21H25BrN4O3S. The highest BCUT2D eigenvalue weighted by Crippen LogP contribution is 2.26. The molecule has 0 radical (unpaired) electrons. The smallest absolute Gasteiger partial charge is 0.240 e. The average molecular weight is 493 g/mol. The second kappa shape index (κ2) is 9.47. The number of anilines is 1. The van der Waals surface area contributed by atoms with Gasteiger partial charge in [0.25, 0.3) is 0 Å². The minimum absolute atomic E-state index is 0.294. The zero-order chi connectivity index (χ0) is 21.0. The Morgan fingerprint density at radius 2 is 1.73 bits per heavy atom. The van der Waals surface area contributed by atoms with Gasteiger partial charge in [-0.15, -0.1) is 0 Å². The Morgan fingerprint density at radius 1 is 1.00 bits per heavy atom. The molecule has 1 aliphatic heterocycles. The third-order valence-electron chi connectivity index (χ3n) is 5.35. The predicted octanol–water partition coefficient (Wildman–Crippen LogP) is 3.47. The molecule has 7 nitrogen and oxygen atoms in total. The molecule has 0 saturated carbocycles. The van der Waals surface area contributed by atoms with E-state index in [9.17, 15) is 8.42 Å². The second-order valence-corrected chi connectivity index (χ2v) is 10.1. The average Bonchev–Trinajstić information content (AvgIpc) is 3.18. The van der Waals surface area contributed by atoms with Gasteiger partial charge in [-0.2, -0.15) is 0 Å². The maximum Gasteiger partial charge on any atom is 0.240 e. The van der Waals surface area contributed by atoms with E-state index in [0.717, 1.165) is 66.8 Å². The van der Waals surface area contributed by atoms with Crippen LogP contribution in [0, 0.1) is 0 Å². The molecule has 2 heterocycles. The minimum Gasteiger partial charge on any atom is -0.354 e. The monoisotopic (exact) mass is 492 g/mol. The topological polar surface area (TPSA) is 78.7 Å². The first-order valence-corrected chi connectivity index (χ1v) is 12.4. The van der Waals surface area contributed by atoms with Crippen molar-refractivity contribution in [3.63, 3.8) is 0 Å². The molecule has 160 valence electrons. The van der Waals surface area contributed by atoms with E-state index in [1.165, 1.54) is 0 Å². The number of para-hydroxylation sites is 1. The molecule has 1 fully saturated rings. The number of piperazine rings is 1. The van der Waals surface area contributed by atoms with E-state index in [1.54, 1.807) is 24.3 Å². The molecule has 0 aliphatic carbocycles. The van der Waals surface area contributed by atoms with Crippen molar-refractivity contribution in [3.05, 3.63) is 53.0 Å². The molecule has 4 rings (SSSR count). The highest BCUT2D eigenvalue weighted by Gasteiger charge is 2.21. The van der Waals surface area contributed by atoms with Gasteiger partial charge in [0.1, 0.15) is 0 Å². The van der Waals surface area contributed by atoms with Gasteiger partial charge >= 0.3 is 0 Å². The Morgan fingerprint density at radius 3 is 2.50 bits per heavy atom. The molecule has 1 N–H and O–H groups in total. The second-order valence-electron chi connectivity index (χ2n) is 7.39. The normalized spacial score (nSPS) is 15.7. The van der Waals surface area contributed by atoms with E-state index in [4.69, 9.17) is 4.52 Å². The molecule has 0 bridgehead atoms. The Bertz CT molecular complexity index is 1080. The van der Waals surface area contributed by atoms with Crippen molar-refractivity contribution in [2.75, 3.05) is 44.2 Å². The predicted molar refractivity (Wildman–Crippen MR) is 121 cm³/mol. The summed E-state index contributed by atoms with van der Waals surface area (Å²) in [6, 6.07) is 14.6. The van der Waals surface area contributed by atoms with E-state index < -0.39 is 10.0 Å². The molecule has 0 unspecified atom stereocenters. The highest BCUT2D eigenvalue weighted by atomic mass is 79.9. The fraction of sp³-hybridized carbons (Fsp3) is 0.381. The van der Waals surface area contributed by atoms with Gasteiger partial charge in [0.15, 0.2) is 11.4 Å².